The Morgan fingerprint density at radius 3 is 2.15 bits per heavy atom. The van der Waals surface area contributed by atoms with Gasteiger partial charge in [0.1, 0.15) is 0 Å². The largest absolute Gasteiger partial charge is 0.356 e. The van der Waals surface area contributed by atoms with Gasteiger partial charge in [-0.15, -0.1) is 0 Å². The molecule has 1 unspecified atom stereocenters. The van der Waals surface area contributed by atoms with Crippen molar-refractivity contribution in [3.05, 3.63) is 35.4 Å². The van der Waals surface area contributed by atoms with E-state index in [1.165, 1.54) is 18.1 Å². The van der Waals surface area contributed by atoms with Gasteiger partial charge < -0.3 is 10.6 Å². The Morgan fingerprint density at radius 1 is 0.962 bits per heavy atom. The Hall–Kier alpha value is -1.84. The van der Waals surface area contributed by atoms with Gasteiger partial charge in [-0.3, -0.25) is 9.59 Å². The van der Waals surface area contributed by atoms with Crippen molar-refractivity contribution in [3.63, 3.8) is 0 Å². The lowest BCUT2D eigenvalue weighted by atomic mass is 9.93. The lowest BCUT2D eigenvalue weighted by Gasteiger charge is -2.23. The standard InChI is InChI=1S/C22H36N2O2/c1-16(2)15-19-10-12-20(13-11-19)22(17(3)4)24-21(26)9-7-6-8-14-23-18(5)25/h10-13,16-17,22H,6-9,14-15H2,1-5H3,(H,23,25)(H,24,26). The zero-order valence-corrected chi connectivity index (χ0v) is 17.1. The molecule has 2 amide bonds. The molecule has 1 atom stereocenters. The summed E-state index contributed by atoms with van der Waals surface area (Å²) in [6, 6.07) is 8.71. The first kappa shape index (κ1) is 22.2. The summed E-state index contributed by atoms with van der Waals surface area (Å²) in [5.41, 5.74) is 2.52. The van der Waals surface area contributed by atoms with E-state index >= 15 is 0 Å². The molecule has 4 heteroatoms. The number of carbonyl (C=O) groups excluding carboxylic acids is 2. The van der Waals surface area contributed by atoms with Gasteiger partial charge in [0, 0.05) is 19.9 Å². The monoisotopic (exact) mass is 360 g/mol. The Kier molecular flexibility index (Phi) is 10.0. The van der Waals surface area contributed by atoms with Gasteiger partial charge in [-0.1, -0.05) is 58.4 Å². The normalized spacial score (nSPS) is 12.3. The Balaban J connectivity index is 2.46. The molecule has 0 aliphatic rings. The quantitative estimate of drug-likeness (QED) is 0.575. The maximum Gasteiger partial charge on any atom is 0.220 e. The zero-order chi connectivity index (χ0) is 19.5. The third-order valence-electron chi connectivity index (χ3n) is 4.42. The van der Waals surface area contributed by atoms with Gasteiger partial charge in [0.25, 0.3) is 0 Å². The molecule has 2 N–H and O–H groups in total. The van der Waals surface area contributed by atoms with Crippen LogP contribution in [0, 0.1) is 11.8 Å². The first-order valence-electron chi connectivity index (χ1n) is 9.92. The molecule has 0 heterocycles. The number of hydrogen-bond acceptors (Lipinski definition) is 2. The maximum atomic E-state index is 12.3. The fourth-order valence-electron chi connectivity index (χ4n) is 3.06. The molecule has 146 valence electrons. The van der Waals surface area contributed by atoms with Crippen molar-refractivity contribution in [1.29, 1.82) is 0 Å². The highest BCUT2D eigenvalue weighted by Crippen LogP contribution is 2.23. The van der Waals surface area contributed by atoms with Gasteiger partial charge in [0.15, 0.2) is 0 Å². The van der Waals surface area contributed by atoms with Gasteiger partial charge in [0.05, 0.1) is 6.04 Å². The predicted molar refractivity (Wildman–Crippen MR) is 108 cm³/mol. The second-order valence-corrected chi connectivity index (χ2v) is 7.92. The number of carbonyl (C=O) groups is 2. The van der Waals surface area contributed by atoms with E-state index in [9.17, 15) is 9.59 Å². The summed E-state index contributed by atoms with van der Waals surface area (Å²) < 4.78 is 0. The highest BCUT2D eigenvalue weighted by atomic mass is 16.2. The first-order valence-corrected chi connectivity index (χ1v) is 9.92. The topological polar surface area (TPSA) is 58.2 Å². The number of rotatable bonds is 11. The minimum absolute atomic E-state index is 0.00179. The Bertz CT molecular complexity index is 550. The van der Waals surface area contributed by atoms with E-state index in [4.69, 9.17) is 0 Å². The summed E-state index contributed by atoms with van der Waals surface area (Å²) in [7, 11) is 0. The highest BCUT2D eigenvalue weighted by Gasteiger charge is 2.18. The Labute approximate surface area is 159 Å². The highest BCUT2D eigenvalue weighted by molar-refractivity contribution is 5.76. The first-order chi connectivity index (χ1) is 12.3. The lowest BCUT2D eigenvalue weighted by Crippen LogP contribution is -2.31. The van der Waals surface area contributed by atoms with Crippen molar-refractivity contribution in [2.75, 3.05) is 6.54 Å². The van der Waals surface area contributed by atoms with Crippen LogP contribution >= 0.6 is 0 Å². The van der Waals surface area contributed by atoms with Crippen LogP contribution in [0.1, 0.15) is 77.5 Å². The smallest absolute Gasteiger partial charge is 0.220 e. The maximum absolute atomic E-state index is 12.3. The van der Waals surface area contributed by atoms with Crippen molar-refractivity contribution >= 4 is 11.8 Å². The van der Waals surface area contributed by atoms with E-state index < -0.39 is 0 Å². The Morgan fingerprint density at radius 2 is 1.62 bits per heavy atom. The molecule has 0 spiro atoms. The molecule has 26 heavy (non-hydrogen) atoms. The molecule has 0 aromatic heterocycles. The minimum Gasteiger partial charge on any atom is -0.356 e. The molecule has 0 saturated carbocycles. The van der Waals surface area contributed by atoms with Gasteiger partial charge in [-0.25, -0.2) is 0 Å². The van der Waals surface area contributed by atoms with Crippen molar-refractivity contribution in [1.82, 2.24) is 10.6 Å². The van der Waals surface area contributed by atoms with Crippen LogP contribution in [0.15, 0.2) is 24.3 Å². The second kappa shape index (κ2) is 11.7. The fraction of sp³-hybridized carbons (Fsp3) is 0.636. The minimum atomic E-state index is 0.00179. The third-order valence-corrected chi connectivity index (χ3v) is 4.42. The van der Waals surface area contributed by atoms with E-state index in [2.05, 4.69) is 62.6 Å². The van der Waals surface area contributed by atoms with Crippen LogP contribution in [0.3, 0.4) is 0 Å². The molecule has 0 fully saturated rings. The molecule has 0 radical (unpaired) electrons. The average Bonchev–Trinajstić information content (AvgIpc) is 2.55. The van der Waals surface area contributed by atoms with E-state index in [1.54, 1.807) is 0 Å². The molecule has 0 aliphatic carbocycles. The SMILES string of the molecule is CC(=O)NCCCCCC(=O)NC(c1ccc(CC(C)C)cc1)C(C)C. The summed E-state index contributed by atoms with van der Waals surface area (Å²) in [5.74, 6) is 1.10. The van der Waals surface area contributed by atoms with E-state index in [-0.39, 0.29) is 17.9 Å². The fourth-order valence-corrected chi connectivity index (χ4v) is 3.06. The summed E-state index contributed by atoms with van der Waals surface area (Å²) in [6.45, 7) is 10.9. The average molecular weight is 361 g/mol. The van der Waals surface area contributed by atoms with Crippen LogP contribution in [-0.4, -0.2) is 18.4 Å². The van der Waals surface area contributed by atoms with Crippen LogP contribution in [0.5, 0.6) is 0 Å². The summed E-state index contributed by atoms with van der Waals surface area (Å²) >= 11 is 0. The lowest BCUT2D eigenvalue weighted by molar-refractivity contribution is -0.122. The molecular weight excluding hydrogens is 324 g/mol. The predicted octanol–water partition coefficient (Wildman–Crippen LogP) is 4.39. The summed E-state index contributed by atoms with van der Waals surface area (Å²) in [4.78, 5) is 23.1. The number of unbranched alkanes of at least 4 members (excludes halogenated alkanes) is 2. The zero-order valence-electron chi connectivity index (χ0n) is 17.1. The van der Waals surface area contributed by atoms with Gasteiger partial charge in [-0.05, 0) is 42.2 Å². The molecular formula is C22H36N2O2. The number of nitrogens with one attached hydrogen (secondary N) is 2. The molecule has 1 aromatic carbocycles. The molecule has 1 rings (SSSR count). The summed E-state index contributed by atoms with van der Waals surface area (Å²) in [5, 5.41) is 5.97. The van der Waals surface area contributed by atoms with Gasteiger partial charge in [-0.2, -0.15) is 0 Å². The van der Waals surface area contributed by atoms with E-state index in [0.29, 0.717) is 24.8 Å². The van der Waals surface area contributed by atoms with Crippen molar-refractivity contribution < 1.29 is 9.59 Å². The molecule has 4 nitrogen and oxygen atoms in total. The van der Waals surface area contributed by atoms with Gasteiger partial charge >= 0.3 is 0 Å². The molecule has 1 aromatic rings. The van der Waals surface area contributed by atoms with Crippen LogP contribution < -0.4 is 10.6 Å². The van der Waals surface area contributed by atoms with E-state index in [1.807, 2.05) is 0 Å². The van der Waals surface area contributed by atoms with Gasteiger partial charge in [0.2, 0.25) is 11.8 Å². The molecule has 0 aliphatic heterocycles. The van der Waals surface area contributed by atoms with Crippen LogP contribution in [-0.2, 0) is 16.0 Å². The number of amides is 2. The van der Waals surface area contributed by atoms with Crippen LogP contribution in [0.2, 0.25) is 0 Å². The number of benzene rings is 1. The molecule has 0 bridgehead atoms. The molecule has 0 saturated heterocycles. The van der Waals surface area contributed by atoms with Crippen molar-refractivity contribution in [3.8, 4) is 0 Å². The van der Waals surface area contributed by atoms with Crippen LogP contribution in [0.4, 0.5) is 0 Å². The van der Waals surface area contributed by atoms with Crippen molar-refractivity contribution in [2.24, 2.45) is 11.8 Å². The van der Waals surface area contributed by atoms with Crippen LogP contribution in [0.25, 0.3) is 0 Å². The number of hydrogen-bond donors (Lipinski definition) is 2. The second-order valence-electron chi connectivity index (χ2n) is 7.92. The van der Waals surface area contributed by atoms with E-state index in [0.717, 1.165) is 25.7 Å². The van der Waals surface area contributed by atoms with Crippen molar-refractivity contribution in [2.45, 2.75) is 72.8 Å². The summed E-state index contributed by atoms with van der Waals surface area (Å²) in [6.07, 6.45) is 4.33. The third kappa shape index (κ3) is 9.02.